The van der Waals surface area contributed by atoms with Gasteiger partial charge in [0.2, 0.25) is 11.8 Å². The van der Waals surface area contributed by atoms with Crippen molar-refractivity contribution >= 4 is 17.5 Å². The normalized spacial score (nSPS) is 19.3. The monoisotopic (exact) mass is 318 g/mol. The highest BCUT2D eigenvalue weighted by Crippen LogP contribution is 2.27. The summed E-state index contributed by atoms with van der Waals surface area (Å²) in [6.45, 7) is 6.89. The highest BCUT2D eigenvalue weighted by atomic mass is 16.3. The van der Waals surface area contributed by atoms with Crippen LogP contribution < -0.4 is 10.2 Å². The van der Waals surface area contributed by atoms with E-state index >= 15 is 0 Å². The van der Waals surface area contributed by atoms with E-state index in [1.54, 1.807) is 11.8 Å². The number of hydrogen-bond acceptors (Lipinski definition) is 3. The molecule has 0 bridgehead atoms. The van der Waals surface area contributed by atoms with E-state index in [0.717, 1.165) is 5.69 Å². The fourth-order valence-electron chi connectivity index (χ4n) is 2.75. The second-order valence-electron chi connectivity index (χ2n) is 6.51. The van der Waals surface area contributed by atoms with Crippen LogP contribution >= 0.6 is 0 Å². The van der Waals surface area contributed by atoms with Crippen LogP contribution in [0.2, 0.25) is 0 Å². The van der Waals surface area contributed by atoms with Gasteiger partial charge in [0, 0.05) is 18.8 Å². The molecule has 126 valence electrons. The van der Waals surface area contributed by atoms with Crippen LogP contribution in [0.25, 0.3) is 0 Å². The Morgan fingerprint density at radius 3 is 2.52 bits per heavy atom. The van der Waals surface area contributed by atoms with Gasteiger partial charge in [-0.3, -0.25) is 9.59 Å². The Morgan fingerprint density at radius 2 is 1.96 bits per heavy atom. The Morgan fingerprint density at radius 1 is 1.30 bits per heavy atom. The van der Waals surface area contributed by atoms with Crippen molar-refractivity contribution in [2.45, 2.75) is 45.6 Å². The Balaban J connectivity index is 1.96. The van der Waals surface area contributed by atoms with Gasteiger partial charge in [-0.1, -0.05) is 26.0 Å². The second kappa shape index (κ2) is 7.59. The summed E-state index contributed by atoms with van der Waals surface area (Å²) in [7, 11) is 0. The molecule has 1 aliphatic rings. The van der Waals surface area contributed by atoms with Crippen molar-refractivity contribution < 1.29 is 14.7 Å². The lowest BCUT2D eigenvalue weighted by molar-refractivity contribution is -0.132. The summed E-state index contributed by atoms with van der Waals surface area (Å²) < 4.78 is 0. The largest absolute Gasteiger partial charge is 0.393 e. The van der Waals surface area contributed by atoms with E-state index in [1.165, 1.54) is 5.56 Å². The van der Waals surface area contributed by atoms with Gasteiger partial charge in [0.05, 0.1) is 6.10 Å². The van der Waals surface area contributed by atoms with E-state index in [4.69, 9.17) is 0 Å². The smallest absolute Gasteiger partial charge is 0.239 e. The lowest BCUT2D eigenvalue weighted by Gasteiger charge is -2.18. The maximum absolute atomic E-state index is 12.5. The van der Waals surface area contributed by atoms with Crippen LogP contribution in [0.5, 0.6) is 0 Å². The molecule has 0 aliphatic carbocycles. The van der Waals surface area contributed by atoms with Crippen molar-refractivity contribution in [3.63, 3.8) is 0 Å². The molecule has 2 atom stereocenters. The first-order chi connectivity index (χ1) is 10.9. The summed E-state index contributed by atoms with van der Waals surface area (Å²) in [4.78, 5) is 26.3. The molecular formula is C18H26N2O3. The maximum Gasteiger partial charge on any atom is 0.239 e. The lowest BCUT2D eigenvalue weighted by Crippen LogP contribution is -2.37. The summed E-state index contributed by atoms with van der Waals surface area (Å²) in [6, 6.07) is 7.95. The first-order valence-electron chi connectivity index (χ1n) is 8.27. The van der Waals surface area contributed by atoms with Crippen molar-refractivity contribution in [2.75, 3.05) is 18.0 Å². The number of amides is 2. The minimum Gasteiger partial charge on any atom is -0.393 e. The molecule has 5 nitrogen and oxygen atoms in total. The van der Waals surface area contributed by atoms with Crippen molar-refractivity contribution in [1.82, 2.24) is 5.32 Å². The number of carbonyl (C=O) groups is 2. The number of rotatable bonds is 6. The minimum absolute atomic E-state index is 0.142. The van der Waals surface area contributed by atoms with Gasteiger partial charge < -0.3 is 15.3 Å². The number of hydrogen-bond donors (Lipinski definition) is 2. The molecule has 2 unspecified atom stereocenters. The molecule has 1 fully saturated rings. The molecular weight excluding hydrogens is 292 g/mol. The van der Waals surface area contributed by atoms with E-state index in [1.807, 2.05) is 24.3 Å². The average molecular weight is 318 g/mol. The first kappa shape index (κ1) is 17.5. The number of aliphatic hydroxyl groups excluding tert-OH is 1. The number of anilines is 1. The molecule has 5 heteroatoms. The summed E-state index contributed by atoms with van der Waals surface area (Å²) in [5.41, 5.74) is 2.08. The number of nitrogens with zero attached hydrogens (tertiary/aromatic N) is 1. The third kappa shape index (κ3) is 4.32. The van der Waals surface area contributed by atoms with E-state index in [9.17, 15) is 14.7 Å². The number of benzene rings is 1. The molecule has 0 saturated carbocycles. The van der Waals surface area contributed by atoms with Crippen LogP contribution in [0.3, 0.4) is 0 Å². The van der Waals surface area contributed by atoms with Crippen LogP contribution in [0.1, 0.15) is 45.1 Å². The molecule has 1 heterocycles. The average Bonchev–Trinajstić information content (AvgIpc) is 2.88. The number of carbonyl (C=O) groups excluding carboxylic acids is 2. The van der Waals surface area contributed by atoms with E-state index in [0.29, 0.717) is 31.8 Å². The van der Waals surface area contributed by atoms with Crippen LogP contribution in [-0.4, -0.2) is 36.1 Å². The fraction of sp³-hybridized carbons (Fsp3) is 0.556. The Bertz CT molecular complexity index is 552. The number of nitrogens with one attached hydrogen (secondary N) is 1. The molecule has 1 saturated heterocycles. The van der Waals surface area contributed by atoms with Crippen molar-refractivity contribution in [3.8, 4) is 0 Å². The summed E-state index contributed by atoms with van der Waals surface area (Å²) in [6.07, 6.45) is 0.573. The van der Waals surface area contributed by atoms with Gasteiger partial charge in [0.25, 0.3) is 0 Å². The molecule has 2 rings (SSSR count). The molecule has 23 heavy (non-hydrogen) atoms. The maximum atomic E-state index is 12.5. The van der Waals surface area contributed by atoms with Gasteiger partial charge in [-0.25, -0.2) is 0 Å². The molecule has 2 N–H and O–H groups in total. The topological polar surface area (TPSA) is 69.6 Å². The fourth-order valence-corrected chi connectivity index (χ4v) is 2.75. The molecule has 1 aromatic rings. The SMILES string of the molecule is CC(O)CCNC(=O)C1CCN(c2ccc(C(C)C)cc2)C1=O. The molecule has 0 radical (unpaired) electrons. The Labute approximate surface area is 137 Å². The standard InChI is InChI=1S/C18H26N2O3/c1-12(2)14-4-6-15(7-5-14)20-11-9-16(18(20)23)17(22)19-10-8-13(3)21/h4-7,12-13,16,21H,8-11H2,1-3H3,(H,19,22). The zero-order valence-electron chi connectivity index (χ0n) is 14.1. The zero-order valence-corrected chi connectivity index (χ0v) is 14.1. The van der Waals surface area contributed by atoms with Gasteiger partial charge in [-0.15, -0.1) is 0 Å². The molecule has 0 aromatic heterocycles. The predicted molar refractivity (Wildman–Crippen MR) is 90.3 cm³/mol. The predicted octanol–water partition coefficient (Wildman–Crippen LogP) is 2.05. The minimum atomic E-state index is -0.617. The lowest BCUT2D eigenvalue weighted by atomic mass is 10.0. The summed E-state index contributed by atoms with van der Waals surface area (Å²) >= 11 is 0. The van der Waals surface area contributed by atoms with Gasteiger partial charge in [-0.05, 0) is 43.4 Å². The third-order valence-electron chi connectivity index (χ3n) is 4.25. The Kier molecular flexibility index (Phi) is 5.77. The third-order valence-corrected chi connectivity index (χ3v) is 4.25. The second-order valence-corrected chi connectivity index (χ2v) is 6.51. The van der Waals surface area contributed by atoms with Gasteiger partial charge in [-0.2, -0.15) is 0 Å². The van der Waals surface area contributed by atoms with E-state index in [2.05, 4.69) is 19.2 Å². The molecule has 2 amide bonds. The molecule has 1 aliphatic heterocycles. The highest BCUT2D eigenvalue weighted by Gasteiger charge is 2.37. The number of aliphatic hydroxyl groups is 1. The van der Waals surface area contributed by atoms with Crippen LogP contribution in [0.4, 0.5) is 5.69 Å². The molecule has 1 aromatic carbocycles. The van der Waals surface area contributed by atoms with Gasteiger partial charge >= 0.3 is 0 Å². The van der Waals surface area contributed by atoms with E-state index in [-0.39, 0.29) is 11.8 Å². The van der Waals surface area contributed by atoms with E-state index < -0.39 is 12.0 Å². The van der Waals surface area contributed by atoms with Gasteiger partial charge in [0.1, 0.15) is 5.92 Å². The van der Waals surface area contributed by atoms with Crippen molar-refractivity contribution in [3.05, 3.63) is 29.8 Å². The van der Waals surface area contributed by atoms with Crippen LogP contribution in [0.15, 0.2) is 24.3 Å². The van der Waals surface area contributed by atoms with Crippen LogP contribution in [0, 0.1) is 5.92 Å². The van der Waals surface area contributed by atoms with Crippen molar-refractivity contribution in [2.24, 2.45) is 5.92 Å². The Hall–Kier alpha value is -1.88. The zero-order chi connectivity index (χ0) is 17.0. The molecule has 0 spiro atoms. The van der Waals surface area contributed by atoms with Crippen LogP contribution in [-0.2, 0) is 9.59 Å². The van der Waals surface area contributed by atoms with Crippen molar-refractivity contribution in [1.29, 1.82) is 0 Å². The highest BCUT2D eigenvalue weighted by molar-refractivity contribution is 6.09. The first-order valence-corrected chi connectivity index (χ1v) is 8.27. The summed E-state index contributed by atoms with van der Waals surface area (Å²) in [5.74, 6) is -0.548. The summed E-state index contributed by atoms with van der Waals surface area (Å²) in [5, 5.41) is 11.9. The quantitative estimate of drug-likeness (QED) is 0.789. The van der Waals surface area contributed by atoms with Gasteiger partial charge in [0.15, 0.2) is 0 Å².